The smallest absolute Gasteiger partial charge is 0.134 e. The van der Waals surface area contributed by atoms with Crippen LogP contribution in [0.15, 0.2) is 222 Å². The van der Waals surface area contributed by atoms with Crippen LogP contribution >= 0.6 is 11.8 Å². The normalized spacial score (nSPS) is 13.9. The first-order valence-corrected chi connectivity index (χ1v) is 23.1. The van der Waals surface area contributed by atoms with Gasteiger partial charge in [-0.3, -0.25) is 9.97 Å². The summed E-state index contributed by atoms with van der Waals surface area (Å²) in [6.45, 7) is 0. The summed E-state index contributed by atoms with van der Waals surface area (Å²) in [7, 11) is 0. The van der Waals surface area contributed by atoms with Crippen molar-refractivity contribution in [1.82, 2.24) is 19.1 Å². The number of para-hydroxylation sites is 5. The first kappa shape index (κ1) is 36.0. The molecule has 1 aliphatic carbocycles. The molecule has 308 valence electrons. The van der Waals surface area contributed by atoms with Crippen LogP contribution in [0.5, 0.6) is 11.5 Å². The molecule has 12 aromatic rings. The molecule has 6 heterocycles. The maximum absolute atomic E-state index is 7.31. The Kier molecular flexibility index (Phi) is 7.27. The largest absolute Gasteiger partial charge is 0.457 e. The van der Waals surface area contributed by atoms with E-state index < -0.39 is 5.41 Å². The summed E-state index contributed by atoms with van der Waals surface area (Å²) in [5.41, 5.74) is 15.4. The number of rotatable bonds is 3. The molecular formula is C59H35N5OS. The molecule has 2 aliphatic heterocycles. The summed E-state index contributed by atoms with van der Waals surface area (Å²) < 4.78 is 12.1. The van der Waals surface area contributed by atoms with Gasteiger partial charge in [0.1, 0.15) is 11.5 Å². The van der Waals surface area contributed by atoms with Gasteiger partial charge in [-0.1, -0.05) is 115 Å². The molecule has 6 nitrogen and oxygen atoms in total. The maximum atomic E-state index is 7.31. The topological polar surface area (TPSA) is 48.1 Å². The highest BCUT2D eigenvalue weighted by molar-refractivity contribution is 7.99. The predicted molar refractivity (Wildman–Crippen MR) is 267 cm³/mol. The van der Waals surface area contributed by atoms with Crippen LogP contribution in [0.2, 0.25) is 0 Å². The van der Waals surface area contributed by atoms with Crippen molar-refractivity contribution < 1.29 is 4.74 Å². The van der Waals surface area contributed by atoms with Crippen LogP contribution in [0.4, 0.5) is 17.1 Å². The summed E-state index contributed by atoms with van der Waals surface area (Å²) in [5.74, 6) is 1.60. The van der Waals surface area contributed by atoms with E-state index in [0.717, 1.165) is 84.3 Å². The molecule has 0 radical (unpaired) electrons. The van der Waals surface area contributed by atoms with E-state index in [2.05, 4.69) is 214 Å². The van der Waals surface area contributed by atoms with Gasteiger partial charge in [0, 0.05) is 72.3 Å². The minimum absolute atomic E-state index is 0.799. The first-order chi connectivity index (χ1) is 32.8. The molecule has 4 aromatic heterocycles. The molecule has 0 bridgehead atoms. The zero-order valence-corrected chi connectivity index (χ0v) is 36.1. The summed E-state index contributed by atoms with van der Waals surface area (Å²) in [6, 6.07) is 72.4. The van der Waals surface area contributed by atoms with Gasteiger partial charge in [-0.2, -0.15) is 0 Å². The monoisotopic (exact) mass is 861 g/mol. The molecule has 66 heavy (non-hydrogen) atoms. The van der Waals surface area contributed by atoms with Gasteiger partial charge in [-0.05, 0) is 102 Å². The summed E-state index contributed by atoms with van der Waals surface area (Å²) in [6.07, 6.45) is 3.77. The Bertz CT molecular complexity index is 3910. The van der Waals surface area contributed by atoms with Crippen LogP contribution < -0.4 is 9.64 Å². The number of anilines is 3. The Morgan fingerprint density at radius 3 is 1.61 bits per heavy atom. The molecule has 0 fully saturated rings. The number of benzene rings is 8. The molecule has 0 unspecified atom stereocenters. The lowest BCUT2D eigenvalue weighted by Gasteiger charge is -2.40. The van der Waals surface area contributed by atoms with Crippen LogP contribution in [0.25, 0.3) is 66.4 Å². The Morgan fingerprint density at radius 2 is 0.939 bits per heavy atom. The molecule has 0 N–H and O–H groups in total. The van der Waals surface area contributed by atoms with Crippen LogP contribution in [-0.2, 0) is 5.41 Å². The number of fused-ring (bicyclic) bond motifs is 17. The molecule has 0 atom stereocenters. The lowest BCUT2D eigenvalue weighted by Crippen LogP contribution is -2.33. The van der Waals surface area contributed by atoms with Gasteiger partial charge in [-0.15, -0.1) is 0 Å². The highest BCUT2D eigenvalue weighted by Crippen LogP contribution is 2.63. The minimum Gasteiger partial charge on any atom is -0.457 e. The number of nitrogens with zero attached hydrogens (tertiary/aromatic N) is 5. The predicted octanol–water partition coefficient (Wildman–Crippen LogP) is 15.1. The fraction of sp³-hybridized carbons (Fsp3) is 0.0169. The van der Waals surface area contributed by atoms with E-state index in [9.17, 15) is 0 Å². The Labute approximate surface area is 383 Å². The number of pyridine rings is 2. The molecule has 0 saturated heterocycles. The van der Waals surface area contributed by atoms with Crippen molar-refractivity contribution in [3.8, 4) is 34.3 Å². The molecular weight excluding hydrogens is 827 g/mol. The van der Waals surface area contributed by atoms with Crippen LogP contribution in [0.3, 0.4) is 0 Å². The Morgan fingerprint density at radius 1 is 0.394 bits per heavy atom. The van der Waals surface area contributed by atoms with E-state index in [0.29, 0.717) is 0 Å². The molecule has 1 spiro atoms. The second kappa shape index (κ2) is 13.3. The molecule has 3 aliphatic rings. The quantitative estimate of drug-likeness (QED) is 0.177. The van der Waals surface area contributed by atoms with Crippen molar-refractivity contribution in [3.63, 3.8) is 0 Å². The van der Waals surface area contributed by atoms with Gasteiger partial charge in [0.25, 0.3) is 0 Å². The number of hydrogen-bond donors (Lipinski definition) is 0. The average molecular weight is 862 g/mol. The SMILES string of the molecule is c1ccc2c(c1)Sc1ccccc1N2c1ccc2c(c1)c1ccccc1n2-c1ccc2c(c1)Oc1cccc(-n3c4ccccc4c4ccccc43)c1C21c2cccnc2-c2ncccc21. The van der Waals surface area contributed by atoms with Crippen molar-refractivity contribution in [2.24, 2.45) is 0 Å². The van der Waals surface area contributed by atoms with Crippen LogP contribution in [0, 0.1) is 0 Å². The summed E-state index contributed by atoms with van der Waals surface area (Å²) in [5, 5.41) is 4.79. The highest BCUT2D eigenvalue weighted by Gasteiger charge is 2.54. The van der Waals surface area contributed by atoms with Gasteiger partial charge in [0.15, 0.2) is 0 Å². The van der Waals surface area contributed by atoms with Crippen molar-refractivity contribution in [1.29, 1.82) is 0 Å². The highest BCUT2D eigenvalue weighted by atomic mass is 32.2. The standard InChI is InChI=1S/C59H35N5OS/c1-5-20-46-38(14-1)39-15-2-6-21-47(39)64(46)51-24-11-25-52-56(51)59(43-17-12-32-60-57(43)58-44(59)18-13-33-61-58)42-30-28-37(35-53(42)65-52)62-45-19-4-3-16-40(45)41-34-36(29-31-48(41)62)63-49-22-7-9-26-54(49)66-55-27-10-8-23-50(55)63/h1-35H. The minimum atomic E-state index is -0.799. The molecule has 8 aromatic carbocycles. The van der Waals surface area contributed by atoms with E-state index in [1.807, 2.05) is 24.2 Å². The summed E-state index contributed by atoms with van der Waals surface area (Å²) >= 11 is 1.83. The molecule has 0 saturated carbocycles. The lowest BCUT2D eigenvalue weighted by molar-refractivity contribution is 0.435. The summed E-state index contributed by atoms with van der Waals surface area (Å²) in [4.78, 5) is 15.0. The van der Waals surface area contributed by atoms with E-state index in [1.165, 1.54) is 42.7 Å². The number of aromatic nitrogens is 4. The van der Waals surface area contributed by atoms with Gasteiger partial charge in [-0.25, -0.2) is 0 Å². The van der Waals surface area contributed by atoms with Gasteiger partial charge >= 0.3 is 0 Å². The second-order valence-corrected chi connectivity index (χ2v) is 18.4. The zero-order chi connectivity index (χ0) is 43.1. The van der Waals surface area contributed by atoms with Crippen molar-refractivity contribution >= 4 is 72.4 Å². The zero-order valence-electron chi connectivity index (χ0n) is 35.3. The maximum Gasteiger partial charge on any atom is 0.134 e. The second-order valence-electron chi connectivity index (χ2n) is 17.3. The third-order valence-corrected chi connectivity index (χ3v) is 15.2. The van der Waals surface area contributed by atoms with Crippen molar-refractivity contribution in [2.75, 3.05) is 4.90 Å². The molecule has 7 heteroatoms. The van der Waals surface area contributed by atoms with Crippen molar-refractivity contribution in [2.45, 2.75) is 15.2 Å². The lowest BCUT2D eigenvalue weighted by atomic mass is 9.65. The fourth-order valence-electron chi connectivity index (χ4n) is 11.5. The van der Waals surface area contributed by atoms with E-state index in [1.54, 1.807) is 0 Å². The molecule has 0 amide bonds. The van der Waals surface area contributed by atoms with E-state index in [-0.39, 0.29) is 0 Å². The Balaban J connectivity index is 0.974. The van der Waals surface area contributed by atoms with Gasteiger partial charge in [0.2, 0.25) is 0 Å². The molecule has 15 rings (SSSR count). The Hall–Kier alpha value is -8.39. The average Bonchev–Trinajstić information content (AvgIpc) is 3.99. The number of ether oxygens (including phenoxy) is 1. The fourth-order valence-corrected chi connectivity index (χ4v) is 12.6. The third-order valence-electron chi connectivity index (χ3n) is 14.0. The van der Waals surface area contributed by atoms with E-state index >= 15 is 0 Å². The third kappa shape index (κ3) is 4.66. The van der Waals surface area contributed by atoms with Crippen LogP contribution in [-0.4, -0.2) is 19.1 Å². The van der Waals surface area contributed by atoms with Gasteiger partial charge < -0.3 is 18.8 Å². The van der Waals surface area contributed by atoms with Crippen LogP contribution in [0.1, 0.15) is 22.3 Å². The first-order valence-electron chi connectivity index (χ1n) is 22.3. The van der Waals surface area contributed by atoms with Crippen molar-refractivity contribution in [3.05, 3.63) is 235 Å². The number of hydrogen-bond acceptors (Lipinski definition) is 5. The van der Waals surface area contributed by atoms with E-state index in [4.69, 9.17) is 14.7 Å². The van der Waals surface area contributed by atoms with Gasteiger partial charge in [0.05, 0.1) is 55.9 Å².